The quantitative estimate of drug-likeness (QED) is 0.413. The van der Waals surface area contributed by atoms with Gasteiger partial charge >= 0.3 is 0 Å². The maximum absolute atomic E-state index is 14.2. The molecule has 5 rings (SSSR count). The molecule has 26 heavy (non-hydrogen) atoms. The van der Waals surface area contributed by atoms with Crippen LogP contribution < -0.4 is 4.73 Å². The van der Waals surface area contributed by atoms with Crippen molar-refractivity contribution in [1.29, 1.82) is 0 Å². The number of fused-ring (bicyclic) bond motifs is 3. The third-order valence-corrected chi connectivity index (χ3v) is 4.97. The van der Waals surface area contributed by atoms with E-state index >= 15 is 0 Å². The minimum atomic E-state index is -0.589. The molecule has 0 N–H and O–H groups in total. The highest BCUT2D eigenvalue weighted by Gasteiger charge is 2.49. The zero-order valence-electron chi connectivity index (χ0n) is 14.1. The third-order valence-electron chi connectivity index (χ3n) is 4.97. The van der Waals surface area contributed by atoms with Crippen LogP contribution in [0.5, 0.6) is 0 Å². The normalized spacial score (nSPS) is 15.8. The van der Waals surface area contributed by atoms with Gasteiger partial charge in [0, 0.05) is 14.0 Å². The van der Waals surface area contributed by atoms with Crippen molar-refractivity contribution in [2.24, 2.45) is 0 Å². The Balaban J connectivity index is 1.77. The minimum absolute atomic E-state index is 0.0380. The number of ether oxygens (including phenoxy) is 1. The highest BCUT2D eigenvalue weighted by molar-refractivity contribution is 5.82. The van der Waals surface area contributed by atoms with E-state index in [0.717, 1.165) is 12.8 Å². The lowest BCUT2D eigenvalue weighted by molar-refractivity contribution is -0.584. The smallest absolute Gasteiger partial charge is 0.279 e. The Kier molecular flexibility index (Phi) is 2.91. The fourth-order valence-electron chi connectivity index (χ4n) is 3.33. The molecule has 0 amide bonds. The van der Waals surface area contributed by atoms with Crippen molar-refractivity contribution in [3.63, 3.8) is 0 Å². The van der Waals surface area contributed by atoms with Gasteiger partial charge in [0.2, 0.25) is 11.5 Å². The van der Waals surface area contributed by atoms with Gasteiger partial charge in [0.15, 0.2) is 11.5 Å². The van der Waals surface area contributed by atoms with E-state index in [2.05, 4.69) is 15.1 Å². The van der Waals surface area contributed by atoms with Crippen LogP contribution in [0.25, 0.3) is 28.1 Å². The van der Waals surface area contributed by atoms with Crippen LogP contribution in [0.1, 0.15) is 24.4 Å². The average molecular weight is 355 g/mol. The van der Waals surface area contributed by atoms with Gasteiger partial charge in [-0.25, -0.2) is 4.98 Å². The summed E-state index contributed by atoms with van der Waals surface area (Å²) in [4.78, 5) is 8.75. The SMILES string of the molecule is COC1(c2noc(-c3ncn4c3c(C)[n+]([O-])c3c(F)cccc34)n2)CC1. The lowest BCUT2D eigenvalue weighted by atomic mass is 10.2. The predicted octanol–water partition coefficient (Wildman–Crippen LogP) is 2.25. The summed E-state index contributed by atoms with van der Waals surface area (Å²) < 4.78 is 27.2. The number of imidazole rings is 1. The molecule has 4 aromatic rings. The summed E-state index contributed by atoms with van der Waals surface area (Å²) in [5.41, 5.74) is 1.06. The van der Waals surface area contributed by atoms with Crippen molar-refractivity contribution < 1.29 is 18.4 Å². The van der Waals surface area contributed by atoms with Crippen LogP contribution in [-0.2, 0) is 10.3 Å². The summed E-state index contributed by atoms with van der Waals surface area (Å²) in [5, 5.41) is 16.6. The number of hydrogen-bond acceptors (Lipinski definition) is 6. The van der Waals surface area contributed by atoms with Crippen LogP contribution in [0.2, 0.25) is 0 Å². The van der Waals surface area contributed by atoms with Crippen LogP contribution in [-0.4, -0.2) is 26.6 Å². The van der Waals surface area contributed by atoms with E-state index in [1.54, 1.807) is 30.6 Å². The average Bonchev–Trinajstić information content (AvgIpc) is 3.07. The first-order valence-electron chi connectivity index (χ1n) is 8.13. The molecular formula is C17H14FN5O3. The van der Waals surface area contributed by atoms with Gasteiger partial charge in [0.05, 0.1) is 0 Å². The summed E-state index contributed by atoms with van der Waals surface area (Å²) in [7, 11) is 1.61. The standard InChI is InChI=1S/C17H14FN5O3/c1-9-13-12(15-20-16(21-26-15)17(25-2)6-7-17)19-8-22(13)11-5-3-4-10(18)14(11)23(9)24/h3-5,8H,6-7H2,1-2H3. The van der Waals surface area contributed by atoms with E-state index in [1.807, 2.05) is 0 Å². The lowest BCUT2D eigenvalue weighted by Crippen LogP contribution is -2.33. The van der Waals surface area contributed by atoms with Crippen molar-refractivity contribution in [2.45, 2.75) is 25.4 Å². The molecule has 132 valence electrons. The Morgan fingerprint density at radius 3 is 2.92 bits per heavy atom. The zero-order chi connectivity index (χ0) is 18.1. The molecule has 0 unspecified atom stereocenters. The van der Waals surface area contributed by atoms with Crippen LogP contribution in [0, 0.1) is 17.9 Å². The van der Waals surface area contributed by atoms with Crippen LogP contribution in [0.15, 0.2) is 29.0 Å². The Morgan fingerprint density at radius 2 is 2.19 bits per heavy atom. The second-order valence-corrected chi connectivity index (χ2v) is 6.42. The minimum Gasteiger partial charge on any atom is -0.618 e. The lowest BCUT2D eigenvalue weighted by Gasteiger charge is -2.08. The summed E-state index contributed by atoms with van der Waals surface area (Å²) >= 11 is 0. The van der Waals surface area contributed by atoms with E-state index in [1.165, 1.54) is 12.4 Å². The van der Waals surface area contributed by atoms with Crippen LogP contribution >= 0.6 is 0 Å². The molecule has 0 aliphatic heterocycles. The topological polar surface area (TPSA) is 92.4 Å². The van der Waals surface area contributed by atoms with Gasteiger partial charge in [0.25, 0.3) is 11.4 Å². The van der Waals surface area contributed by atoms with Crippen LogP contribution in [0.4, 0.5) is 4.39 Å². The van der Waals surface area contributed by atoms with Gasteiger partial charge in [-0.15, -0.1) is 0 Å². The van der Waals surface area contributed by atoms with E-state index in [9.17, 15) is 9.60 Å². The van der Waals surface area contributed by atoms with E-state index in [4.69, 9.17) is 9.26 Å². The summed E-state index contributed by atoms with van der Waals surface area (Å²) in [6.45, 7) is 1.61. The molecule has 0 spiro atoms. The molecule has 3 heterocycles. The van der Waals surface area contributed by atoms with Crippen molar-refractivity contribution >= 4 is 16.6 Å². The molecule has 1 saturated carbocycles. The molecule has 1 aliphatic rings. The third kappa shape index (κ3) is 1.86. The van der Waals surface area contributed by atoms with Gasteiger partial charge in [0.1, 0.15) is 23.0 Å². The first-order valence-corrected chi connectivity index (χ1v) is 8.13. The van der Waals surface area contributed by atoms with E-state index in [-0.39, 0.29) is 11.4 Å². The maximum atomic E-state index is 14.2. The number of methoxy groups -OCH3 is 1. The zero-order valence-corrected chi connectivity index (χ0v) is 14.1. The number of rotatable bonds is 3. The fourth-order valence-corrected chi connectivity index (χ4v) is 3.33. The van der Waals surface area contributed by atoms with Crippen molar-refractivity contribution in [3.05, 3.63) is 47.1 Å². The van der Waals surface area contributed by atoms with E-state index in [0.29, 0.717) is 33.0 Å². The number of nitrogens with zero attached hydrogens (tertiary/aromatic N) is 5. The molecule has 1 aromatic carbocycles. The molecule has 8 nitrogen and oxygen atoms in total. The number of benzene rings is 1. The Bertz CT molecular complexity index is 1180. The number of hydrogen-bond donors (Lipinski definition) is 0. The molecular weight excluding hydrogens is 341 g/mol. The first kappa shape index (κ1) is 15.2. The second kappa shape index (κ2) is 4.98. The van der Waals surface area contributed by atoms with Crippen LogP contribution in [0.3, 0.4) is 0 Å². The van der Waals surface area contributed by atoms with Crippen molar-refractivity contribution in [3.8, 4) is 11.6 Å². The van der Waals surface area contributed by atoms with Gasteiger partial charge < -0.3 is 14.5 Å². The summed E-state index contributed by atoms with van der Waals surface area (Å²) in [6.07, 6.45) is 3.18. The number of halogens is 1. The molecule has 0 radical (unpaired) electrons. The monoisotopic (exact) mass is 355 g/mol. The Labute approximate surface area is 146 Å². The highest BCUT2D eigenvalue weighted by Crippen LogP contribution is 2.47. The maximum Gasteiger partial charge on any atom is 0.279 e. The largest absolute Gasteiger partial charge is 0.618 e. The molecule has 3 aromatic heterocycles. The summed E-state index contributed by atoms with van der Waals surface area (Å²) in [6, 6.07) is 4.46. The molecule has 0 atom stereocenters. The van der Waals surface area contributed by atoms with Crippen molar-refractivity contribution in [2.75, 3.05) is 7.11 Å². The number of aryl methyl sites for hydroxylation is 1. The number of aromatic nitrogens is 5. The van der Waals surface area contributed by atoms with Crippen molar-refractivity contribution in [1.82, 2.24) is 19.5 Å². The Morgan fingerprint density at radius 1 is 1.38 bits per heavy atom. The van der Waals surface area contributed by atoms with E-state index < -0.39 is 11.4 Å². The number of para-hydroxylation sites is 1. The Hall–Kier alpha value is -3.07. The fraction of sp³-hybridized carbons (Fsp3) is 0.294. The van der Waals surface area contributed by atoms with Gasteiger partial charge in [-0.2, -0.15) is 14.1 Å². The molecule has 0 saturated heterocycles. The highest BCUT2D eigenvalue weighted by atomic mass is 19.1. The second-order valence-electron chi connectivity index (χ2n) is 6.42. The van der Waals surface area contributed by atoms with Gasteiger partial charge in [-0.1, -0.05) is 11.2 Å². The first-order chi connectivity index (χ1) is 12.6. The summed E-state index contributed by atoms with van der Waals surface area (Å²) in [5.74, 6) is 0.0777. The van der Waals surface area contributed by atoms with Gasteiger partial charge in [-0.05, 0) is 25.0 Å². The predicted molar refractivity (Wildman–Crippen MR) is 87.6 cm³/mol. The molecule has 1 fully saturated rings. The molecule has 9 heteroatoms. The molecule has 0 bridgehead atoms. The molecule has 1 aliphatic carbocycles. The van der Waals surface area contributed by atoms with Gasteiger partial charge in [-0.3, -0.25) is 4.40 Å².